The average molecular weight is 289 g/mol. The summed E-state index contributed by atoms with van der Waals surface area (Å²) >= 11 is 0. The van der Waals surface area contributed by atoms with Crippen molar-refractivity contribution < 1.29 is 4.79 Å². The van der Waals surface area contributed by atoms with Crippen LogP contribution in [0.5, 0.6) is 0 Å². The zero-order chi connectivity index (χ0) is 15.2. The van der Waals surface area contributed by atoms with Crippen LogP contribution in [0.15, 0.2) is 18.2 Å². The molecule has 1 amide bonds. The number of carbonyl (C=O) groups excluding carboxylic acids is 1. The molecule has 4 nitrogen and oxygen atoms in total. The Morgan fingerprint density at radius 3 is 2.67 bits per heavy atom. The van der Waals surface area contributed by atoms with Crippen LogP contribution in [0.1, 0.15) is 38.7 Å². The Morgan fingerprint density at radius 2 is 2.00 bits per heavy atom. The van der Waals surface area contributed by atoms with Crippen molar-refractivity contribution in [2.45, 2.75) is 39.5 Å². The normalized spacial score (nSPS) is 13.9. The van der Waals surface area contributed by atoms with Gasteiger partial charge in [0, 0.05) is 31.0 Å². The van der Waals surface area contributed by atoms with Gasteiger partial charge in [0.15, 0.2) is 0 Å². The van der Waals surface area contributed by atoms with Gasteiger partial charge in [-0.1, -0.05) is 13.8 Å². The summed E-state index contributed by atoms with van der Waals surface area (Å²) in [5.41, 5.74) is 9.12. The SMILES string of the molecule is CCCN(CCC)C(=O)CN1CCCc2cc(N)ccc21. The van der Waals surface area contributed by atoms with Crippen molar-refractivity contribution in [3.05, 3.63) is 23.8 Å². The smallest absolute Gasteiger partial charge is 0.242 e. The molecule has 0 fully saturated rings. The molecule has 116 valence electrons. The molecular weight excluding hydrogens is 262 g/mol. The second-order valence-corrected chi connectivity index (χ2v) is 5.79. The van der Waals surface area contributed by atoms with Gasteiger partial charge in [-0.2, -0.15) is 0 Å². The van der Waals surface area contributed by atoms with Crippen LogP contribution in [0.25, 0.3) is 0 Å². The molecule has 1 heterocycles. The maximum absolute atomic E-state index is 12.5. The maximum Gasteiger partial charge on any atom is 0.242 e. The highest BCUT2D eigenvalue weighted by Gasteiger charge is 2.21. The van der Waals surface area contributed by atoms with E-state index < -0.39 is 0 Å². The van der Waals surface area contributed by atoms with Crippen molar-refractivity contribution in [2.75, 3.05) is 36.8 Å². The van der Waals surface area contributed by atoms with Crippen LogP contribution in [0, 0.1) is 0 Å². The third kappa shape index (κ3) is 3.90. The van der Waals surface area contributed by atoms with Crippen molar-refractivity contribution in [1.29, 1.82) is 0 Å². The number of rotatable bonds is 6. The van der Waals surface area contributed by atoms with Gasteiger partial charge < -0.3 is 15.5 Å². The molecule has 1 aromatic rings. The van der Waals surface area contributed by atoms with E-state index in [0.29, 0.717) is 6.54 Å². The van der Waals surface area contributed by atoms with Crippen LogP contribution in [0.2, 0.25) is 0 Å². The Bertz CT molecular complexity index is 481. The molecule has 21 heavy (non-hydrogen) atoms. The van der Waals surface area contributed by atoms with E-state index in [-0.39, 0.29) is 5.91 Å². The number of nitrogen functional groups attached to an aromatic ring is 1. The van der Waals surface area contributed by atoms with E-state index in [9.17, 15) is 4.79 Å². The predicted octanol–water partition coefficient (Wildman–Crippen LogP) is 2.67. The van der Waals surface area contributed by atoms with E-state index in [1.165, 1.54) is 11.3 Å². The highest BCUT2D eigenvalue weighted by Crippen LogP contribution is 2.28. The number of amides is 1. The first-order chi connectivity index (χ1) is 10.2. The van der Waals surface area contributed by atoms with Gasteiger partial charge in [0.05, 0.1) is 6.54 Å². The van der Waals surface area contributed by atoms with Crippen LogP contribution < -0.4 is 10.6 Å². The molecule has 0 unspecified atom stereocenters. The largest absolute Gasteiger partial charge is 0.399 e. The fraction of sp³-hybridized carbons (Fsp3) is 0.588. The van der Waals surface area contributed by atoms with E-state index >= 15 is 0 Å². The number of nitrogens with two attached hydrogens (primary N) is 1. The Kier molecular flexibility index (Phi) is 5.48. The number of carbonyl (C=O) groups is 1. The molecule has 1 aliphatic heterocycles. The quantitative estimate of drug-likeness (QED) is 0.819. The van der Waals surface area contributed by atoms with E-state index in [1.54, 1.807) is 0 Å². The van der Waals surface area contributed by atoms with E-state index in [4.69, 9.17) is 5.73 Å². The summed E-state index contributed by atoms with van der Waals surface area (Å²) in [6.07, 6.45) is 4.17. The minimum absolute atomic E-state index is 0.239. The Hall–Kier alpha value is -1.71. The third-order valence-electron chi connectivity index (χ3n) is 3.98. The predicted molar refractivity (Wildman–Crippen MR) is 88.6 cm³/mol. The summed E-state index contributed by atoms with van der Waals surface area (Å²) in [5, 5.41) is 0. The first kappa shape index (κ1) is 15.7. The third-order valence-corrected chi connectivity index (χ3v) is 3.98. The van der Waals surface area contributed by atoms with Crippen LogP contribution in [0.4, 0.5) is 11.4 Å². The summed E-state index contributed by atoms with van der Waals surface area (Å²) in [6.45, 7) is 7.39. The monoisotopic (exact) mass is 289 g/mol. The Balaban J connectivity index is 2.08. The topological polar surface area (TPSA) is 49.6 Å². The number of aryl methyl sites for hydroxylation is 1. The molecule has 0 atom stereocenters. The van der Waals surface area contributed by atoms with Gasteiger partial charge in [0.2, 0.25) is 5.91 Å². The van der Waals surface area contributed by atoms with Crippen molar-refractivity contribution in [3.8, 4) is 0 Å². The van der Waals surface area contributed by atoms with Crippen LogP contribution >= 0.6 is 0 Å². The summed E-state index contributed by atoms with van der Waals surface area (Å²) in [5.74, 6) is 0.239. The van der Waals surface area contributed by atoms with Crippen molar-refractivity contribution in [1.82, 2.24) is 4.90 Å². The number of hydrogen-bond acceptors (Lipinski definition) is 3. The highest BCUT2D eigenvalue weighted by atomic mass is 16.2. The second kappa shape index (κ2) is 7.34. The molecule has 0 saturated heterocycles. The van der Waals surface area contributed by atoms with Crippen LogP contribution in [-0.4, -0.2) is 37.0 Å². The number of fused-ring (bicyclic) bond motifs is 1. The number of benzene rings is 1. The molecular formula is C17H27N3O. The van der Waals surface area contributed by atoms with Crippen molar-refractivity contribution in [3.63, 3.8) is 0 Å². The van der Waals surface area contributed by atoms with Gasteiger partial charge in [-0.15, -0.1) is 0 Å². The molecule has 0 aliphatic carbocycles. The second-order valence-electron chi connectivity index (χ2n) is 5.79. The molecule has 4 heteroatoms. The number of nitrogens with zero attached hydrogens (tertiary/aromatic N) is 2. The molecule has 0 radical (unpaired) electrons. The van der Waals surface area contributed by atoms with E-state index in [0.717, 1.165) is 51.0 Å². The lowest BCUT2D eigenvalue weighted by molar-refractivity contribution is -0.129. The van der Waals surface area contributed by atoms with Gasteiger partial charge in [-0.3, -0.25) is 4.79 Å². The minimum Gasteiger partial charge on any atom is -0.399 e. The highest BCUT2D eigenvalue weighted by molar-refractivity contribution is 5.82. The summed E-state index contributed by atoms with van der Waals surface area (Å²) in [4.78, 5) is 16.7. The van der Waals surface area contributed by atoms with Gasteiger partial charge in [0.25, 0.3) is 0 Å². The molecule has 0 bridgehead atoms. The lowest BCUT2D eigenvalue weighted by Crippen LogP contribution is -2.42. The van der Waals surface area contributed by atoms with Crippen molar-refractivity contribution >= 4 is 17.3 Å². The van der Waals surface area contributed by atoms with E-state index in [1.807, 2.05) is 17.0 Å². The summed E-state index contributed by atoms with van der Waals surface area (Å²) in [6, 6.07) is 6.03. The summed E-state index contributed by atoms with van der Waals surface area (Å²) in [7, 11) is 0. The number of hydrogen-bond donors (Lipinski definition) is 1. The van der Waals surface area contributed by atoms with Crippen molar-refractivity contribution in [2.24, 2.45) is 0 Å². The molecule has 0 spiro atoms. The maximum atomic E-state index is 12.5. The minimum atomic E-state index is 0.239. The van der Waals surface area contributed by atoms with Gasteiger partial charge in [-0.05, 0) is 49.4 Å². The molecule has 1 aromatic carbocycles. The fourth-order valence-corrected chi connectivity index (χ4v) is 3.02. The average Bonchev–Trinajstić information content (AvgIpc) is 2.47. The lowest BCUT2D eigenvalue weighted by atomic mass is 10.0. The first-order valence-corrected chi connectivity index (χ1v) is 8.06. The standard InChI is InChI=1S/C17H27N3O/c1-3-9-19(10-4-2)17(21)13-20-11-5-6-14-12-15(18)7-8-16(14)20/h7-8,12H,3-6,9-11,13,18H2,1-2H3. The number of anilines is 2. The summed E-state index contributed by atoms with van der Waals surface area (Å²) < 4.78 is 0. The van der Waals surface area contributed by atoms with E-state index in [2.05, 4.69) is 24.8 Å². The molecule has 0 saturated carbocycles. The Morgan fingerprint density at radius 1 is 1.29 bits per heavy atom. The molecule has 2 rings (SSSR count). The van der Waals surface area contributed by atoms with Crippen LogP contribution in [0.3, 0.4) is 0 Å². The molecule has 2 N–H and O–H groups in total. The van der Waals surface area contributed by atoms with Gasteiger partial charge >= 0.3 is 0 Å². The molecule has 1 aliphatic rings. The molecule has 0 aromatic heterocycles. The Labute approximate surface area is 127 Å². The zero-order valence-corrected chi connectivity index (χ0v) is 13.3. The van der Waals surface area contributed by atoms with Gasteiger partial charge in [0.1, 0.15) is 0 Å². The lowest BCUT2D eigenvalue weighted by Gasteiger charge is -2.33. The first-order valence-electron chi connectivity index (χ1n) is 8.06. The van der Waals surface area contributed by atoms with Crippen LogP contribution in [-0.2, 0) is 11.2 Å². The fourth-order valence-electron chi connectivity index (χ4n) is 3.02. The zero-order valence-electron chi connectivity index (χ0n) is 13.3. The van der Waals surface area contributed by atoms with Gasteiger partial charge in [-0.25, -0.2) is 0 Å².